The van der Waals surface area contributed by atoms with E-state index in [1.165, 1.54) is 0 Å². The van der Waals surface area contributed by atoms with Crippen molar-refractivity contribution < 1.29 is 19.4 Å². The normalized spacial score (nSPS) is 22.3. The zero-order valence-corrected chi connectivity index (χ0v) is 32.8. The molecule has 1 amide bonds. The number of nitrogens with zero attached hydrogens (tertiary/aromatic N) is 4. The average Bonchev–Trinajstić information content (AvgIpc) is 3.79. The summed E-state index contributed by atoms with van der Waals surface area (Å²) < 4.78 is 16.7. The second-order valence-electron chi connectivity index (χ2n) is 13.8. The van der Waals surface area contributed by atoms with E-state index in [-0.39, 0.29) is 29.3 Å². The predicted molar refractivity (Wildman–Crippen MR) is 210 cm³/mol. The van der Waals surface area contributed by atoms with Gasteiger partial charge in [-0.25, -0.2) is 0 Å². The Morgan fingerprint density at radius 1 is 0.980 bits per heavy atom. The Labute approximate surface area is 320 Å². The van der Waals surface area contributed by atoms with Crippen LogP contribution in [0, 0.1) is 19.0 Å². The van der Waals surface area contributed by atoms with Crippen LogP contribution in [0.15, 0.2) is 103 Å². The highest BCUT2D eigenvalue weighted by Crippen LogP contribution is 2.60. The molecule has 0 radical (unpaired) electrons. The molecule has 1 saturated heterocycles. The van der Waals surface area contributed by atoms with E-state index in [2.05, 4.69) is 131 Å². The number of rotatable bonds is 10. The van der Waals surface area contributed by atoms with Gasteiger partial charge in [0.2, 0.25) is 0 Å². The van der Waals surface area contributed by atoms with Crippen molar-refractivity contribution in [1.82, 2.24) is 15.0 Å². The molecule has 0 bridgehead atoms. The molecular weight excluding hydrogens is 854 g/mol. The number of fused-ring (bicyclic) bond motifs is 2. The summed E-state index contributed by atoms with van der Waals surface area (Å²) in [5.74, 6) is 0.574. The molecular formula is C40H40I2N4O4. The van der Waals surface area contributed by atoms with E-state index in [0.29, 0.717) is 25.2 Å². The lowest BCUT2D eigenvalue weighted by atomic mass is 9.63. The number of aliphatic hydroxyl groups is 1. The summed E-state index contributed by atoms with van der Waals surface area (Å²) in [4.78, 5) is 16.9. The Kier molecular flexibility index (Phi) is 9.83. The summed E-state index contributed by atoms with van der Waals surface area (Å²) in [5, 5.41) is 19.7. The third-order valence-corrected chi connectivity index (χ3v) is 12.0. The van der Waals surface area contributed by atoms with Gasteiger partial charge < -0.3 is 19.5 Å². The number of anilines is 1. The zero-order valence-electron chi connectivity index (χ0n) is 28.5. The summed E-state index contributed by atoms with van der Waals surface area (Å²) >= 11 is 4.64. The molecule has 50 heavy (non-hydrogen) atoms. The quantitative estimate of drug-likeness (QED) is 0.143. The summed E-state index contributed by atoms with van der Waals surface area (Å²) in [6.45, 7) is 7.68. The fourth-order valence-corrected chi connectivity index (χ4v) is 8.95. The van der Waals surface area contributed by atoms with E-state index in [9.17, 15) is 5.11 Å². The zero-order chi connectivity index (χ0) is 35.2. The molecule has 1 spiro atoms. The Balaban J connectivity index is 1.25. The monoisotopic (exact) mass is 894 g/mol. The number of benzene rings is 4. The van der Waals surface area contributed by atoms with Crippen molar-refractivity contribution in [2.75, 3.05) is 12.0 Å². The number of halogens is 2. The summed E-state index contributed by atoms with van der Waals surface area (Å²) in [7, 11) is 1.67. The fourth-order valence-electron chi connectivity index (χ4n) is 8.10. The van der Waals surface area contributed by atoms with Crippen LogP contribution in [0.2, 0.25) is 0 Å². The van der Waals surface area contributed by atoms with Gasteiger partial charge in [0.1, 0.15) is 17.5 Å². The van der Waals surface area contributed by atoms with Crippen LogP contribution in [0.1, 0.15) is 61.2 Å². The molecule has 1 aromatic heterocycles. The minimum Gasteiger partial charge on any atom is -0.497 e. The molecule has 2 aliphatic rings. The van der Waals surface area contributed by atoms with Crippen LogP contribution >= 0.6 is 45.2 Å². The maximum absolute atomic E-state index is 15.0. The maximum atomic E-state index is 15.0. The van der Waals surface area contributed by atoms with Crippen LogP contribution in [0.4, 0.5) is 5.69 Å². The van der Waals surface area contributed by atoms with Gasteiger partial charge in [0.25, 0.3) is 5.91 Å². The highest BCUT2D eigenvalue weighted by atomic mass is 127. The molecule has 0 aliphatic carbocycles. The summed E-state index contributed by atoms with van der Waals surface area (Å²) in [5.41, 5.74) is 3.77. The number of aromatic nitrogens is 3. The van der Waals surface area contributed by atoms with Crippen LogP contribution < -0.4 is 9.64 Å². The smallest absolute Gasteiger partial charge is 0.264 e. The van der Waals surface area contributed by atoms with Gasteiger partial charge in [0, 0.05) is 31.1 Å². The number of carbonyl (C=O) groups excluding carboxylic acids is 1. The van der Waals surface area contributed by atoms with Gasteiger partial charge >= 0.3 is 0 Å². The Hall–Kier alpha value is -3.33. The first-order valence-electron chi connectivity index (χ1n) is 16.8. The molecule has 1 N–H and O–H groups in total. The lowest BCUT2D eigenvalue weighted by Gasteiger charge is -2.38. The number of methoxy groups -OCH3 is 1. The van der Waals surface area contributed by atoms with Gasteiger partial charge in [-0.3, -0.25) is 9.48 Å². The van der Waals surface area contributed by atoms with Crippen LogP contribution in [-0.4, -0.2) is 39.2 Å². The van der Waals surface area contributed by atoms with Crippen LogP contribution in [0.3, 0.4) is 0 Å². The SMILES string of the molecule is COc1ccc(C(C)(C)[C@H]2[C@H](CCn3cc([C@H](O)c4ccccc4)nn3)O[C@@]3(C(=O)N(Cc4ccc(I)cc4)c4ccc(I)cc43)[C@@H]2C)cc1. The molecule has 10 heteroatoms. The molecule has 2 aliphatic heterocycles. The number of amides is 1. The lowest BCUT2D eigenvalue weighted by molar-refractivity contribution is -0.146. The van der Waals surface area contributed by atoms with Gasteiger partial charge in [0.05, 0.1) is 31.6 Å². The molecule has 0 saturated carbocycles. The van der Waals surface area contributed by atoms with Gasteiger partial charge in [-0.2, -0.15) is 0 Å². The number of hydrogen-bond donors (Lipinski definition) is 1. The first-order chi connectivity index (χ1) is 24.0. The van der Waals surface area contributed by atoms with Crippen LogP contribution in [0.5, 0.6) is 5.75 Å². The van der Waals surface area contributed by atoms with Gasteiger partial charge in [-0.05, 0) is 116 Å². The molecule has 258 valence electrons. The number of carbonyl (C=O) groups is 1. The van der Waals surface area contributed by atoms with Crippen molar-refractivity contribution in [3.63, 3.8) is 0 Å². The van der Waals surface area contributed by atoms with Crippen molar-refractivity contribution in [3.8, 4) is 5.75 Å². The Morgan fingerprint density at radius 3 is 2.38 bits per heavy atom. The Morgan fingerprint density at radius 2 is 1.68 bits per heavy atom. The molecule has 3 heterocycles. The highest BCUT2D eigenvalue weighted by Gasteiger charge is 2.65. The van der Waals surface area contributed by atoms with Crippen molar-refractivity contribution in [2.45, 2.75) is 63.5 Å². The molecule has 7 rings (SSSR count). The van der Waals surface area contributed by atoms with E-state index in [1.54, 1.807) is 18.0 Å². The number of ether oxygens (including phenoxy) is 2. The maximum Gasteiger partial charge on any atom is 0.264 e. The first-order valence-corrected chi connectivity index (χ1v) is 19.0. The molecule has 0 unspecified atom stereocenters. The van der Waals surface area contributed by atoms with E-state index < -0.39 is 11.7 Å². The molecule has 8 nitrogen and oxygen atoms in total. The van der Waals surface area contributed by atoms with E-state index >= 15 is 4.79 Å². The third-order valence-electron chi connectivity index (χ3n) is 10.6. The van der Waals surface area contributed by atoms with Gasteiger partial charge in [-0.15, -0.1) is 5.10 Å². The Bertz CT molecular complexity index is 1980. The van der Waals surface area contributed by atoms with E-state index in [4.69, 9.17) is 9.47 Å². The van der Waals surface area contributed by atoms with Gasteiger partial charge in [0.15, 0.2) is 5.60 Å². The molecule has 5 atom stereocenters. The molecule has 4 aromatic carbocycles. The largest absolute Gasteiger partial charge is 0.497 e. The lowest BCUT2D eigenvalue weighted by Crippen LogP contribution is -2.45. The van der Waals surface area contributed by atoms with E-state index in [0.717, 1.165) is 40.8 Å². The standard InChI is InChI=1S/C40H40I2N4O4/c1-25-36(39(2,3)28-12-17-31(49-4)18-13-28)35(20-21-45-24-33(43-44-45)37(47)27-8-6-5-7-9-27)50-40(25)32-22-30(42)16-19-34(32)46(38(40)48)23-26-10-14-29(41)15-11-26/h5-19,22,24-25,35-37,47H,20-21,23H2,1-4H3/t25-,35+,36-,37-,40+/m1/s1. The number of aliphatic hydroxyl groups excluding tert-OH is 1. The molecule has 1 fully saturated rings. The van der Waals surface area contributed by atoms with E-state index in [1.807, 2.05) is 47.4 Å². The van der Waals surface area contributed by atoms with Crippen LogP contribution in [-0.2, 0) is 33.6 Å². The van der Waals surface area contributed by atoms with Crippen molar-refractivity contribution >= 4 is 56.8 Å². The van der Waals surface area contributed by atoms with Crippen molar-refractivity contribution in [2.24, 2.45) is 11.8 Å². The minimum absolute atomic E-state index is 0.0207. The highest BCUT2D eigenvalue weighted by molar-refractivity contribution is 14.1. The molecule has 5 aromatic rings. The number of aryl methyl sites for hydroxylation is 1. The average molecular weight is 895 g/mol. The second kappa shape index (κ2) is 14.0. The summed E-state index contributed by atoms with van der Waals surface area (Å²) in [6.07, 6.45) is 1.24. The predicted octanol–water partition coefficient (Wildman–Crippen LogP) is 8.04. The minimum atomic E-state index is -1.16. The first kappa shape index (κ1) is 35.1. The third kappa shape index (κ3) is 6.26. The summed E-state index contributed by atoms with van der Waals surface area (Å²) in [6, 6.07) is 32.3. The topological polar surface area (TPSA) is 89.7 Å². The second-order valence-corrected chi connectivity index (χ2v) is 16.3. The van der Waals surface area contributed by atoms with Crippen LogP contribution in [0.25, 0.3) is 0 Å². The fraction of sp³-hybridized carbons (Fsp3) is 0.325. The van der Waals surface area contributed by atoms with Gasteiger partial charge in [-0.1, -0.05) is 80.6 Å². The van der Waals surface area contributed by atoms with Crippen molar-refractivity contribution in [3.05, 3.63) is 138 Å². The number of hydrogen-bond acceptors (Lipinski definition) is 6. The van der Waals surface area contributed by atoms with Crippen molar-refractivity contribution in [1.29, 1.82) is 0 Å².